The van der Waals surface area contributed by atoms with Gasteiger partial charge in [0.05, 0.1) is 12.1 Å². The van der Waals surface area contributed by atoms with Crippen molar-refractivity contribution in [3.8, 4) is 0 Å². The minimum atomic E-state index is -0.352. The van der Waals surface area contributed by atoms with Gasteiger partial charge in [0, 0.05) is 18.0 Å². The van der Waals surface area contributed by atoms with E-state index in [2.05, 4.69) is 50.5 Å². The molecule has 0 bridgehead atoms. The number of amides is 1. The summed E-state index contributed by atoms with van der Waals surface area (Å²) in [6, 6.07) is 18.2. The van der Waals surface area contributed by atoms with Gasteiger partial charge in [-0.15, -0.1) is 0 Å². The summed E-state index contributed by atoms with van der Waals surface area (Å²) in [6.07, 6.45) is 2.66. The van der Waals surface area contributed by atoms with Gasteiger partial charge in [0.25, 0.3) is 0 Å². The van der Waals surface area contributed by atoms with Crippen molar-refractivity contribution in [2.45, 2.75) is 44.8 Å². The highest BCUT2D eigenvalue weighted by Crippen LogP contribution is 2.20. The average Bonchev–Trinajstić information content (AvgIpc) is 2.80. The monoisotopic (exact) mass is 448 g/mol. The lowest BCUT2D eigenvalue weighted by Gasteiger charge is -2.30. The van der Waals surface area contributed by atoms with E-state index in [1.807, 2.05) is 37.3 Å². The number of para-hydroxylation sites is 1. The molecule has 1 aromatic heterocycles. The van der Waals surface area contributed by atoms with Gasteiger partial charge in [-0.05, 0) is 56.1 Å². The average molecular weight is 449 g/mol. The van der Waals surface area contributed by atoms with Crippen LogP contribution in [-0.2, 0) is 17.8 Å². The summed E-state index contributed by atoms with van der Waals surface area (Å²) in [5.41, 5.74) is 2.18. The maximum absolute atomic E-state index is 12.6. The fourth-order valence-electron chi connectivity index (χ4n) is 3.84. The van der Waals surface area contributed by atoms with Gasteiger partial charge in [-0.3, -0.25) is 4.79 Å². The van der Waals surface area contributed by atoms with Crippen LogP contribution in [0.1, 0.15) is 31.2 Å². The molecule has 2 heterocycles. The Kier molecular flexibility index (Phi) is 7.11. The Morgan fingerprint density at radius 3 is 2.69 bits per heavy atom. The fraction of sp³-hybridized carbons (Fsp3) is 0.333. The Labute approximate surface area is 193 Å². The minimum absolute atomic E-state index is 0.102. The van der Waals surface area contributed by atoms with Gasteiger partial charge in [-0.1, -0.05) is 42.5 Å². The molecule has 1 aliphatic heterocycles. The zero-order valence-corrected chi connectivity index (χ0v) is 18.9. The molecule has 4 N–H and O–H groups in total. The zero-order chi connectivity index (χ0) is 22.3. The third-order valence-electron chi connectivity index (χ3n) is 5.44. The number of nitrogens with zero attached hydrogens (tertiary/aromatic N) is 2. The molecule has 32 heavy (non-hydrogen) atoms. The Hall–Kier alpha value is -3.26. The van der Waals surface area contributed by atoms with Crippen LogP contribution in [0, 0.1) is 0 Å². The first kappa shape index (κ1) is 22.0. The van der Waals surface area contributed by atoms with E-state index in [0.29, 0.717) is 17.4 Å². The maximum Gasteiger partial charge on any atom is 0.243 e. The van der Waals surface area contributed by atoms with Crippen LogP contribution in [0.15, 0.2) is 54.6 Å². The summed E-state index contributed by atoms with van der Waals surface area (Å²) >= 11 is 5.17. The van der Waals surface area contributed by atoms with Crippen LogP contribution in [-0.4, -0.2) is 39.6 Å². The van der Waals surface area contributed by atoms with Crippen molar-refractivity contribution in [3.05, 3.63) is 66.0 Å². The highest BCUT2D eigenvalue weighted by Gasteiger charge is 2.26. The molecule has 166 valence electrons. The molecular formula is C24H28N6OS. The van der Waals surface area contributed by atoms with E-state index in [-0.39, 0.29) is 24.5 Å². The molecule has 2 aromatic carbocycles. The highest BCUT2D eigenvalue weighted by molar-refractivity contribution is 7.80. The Morgan fingerprint density at radius 1 is 1.09 bits per heavy atom. The molecule has 0 unspecified atom stereocenters. The van der Waals surface area contributed by atoms with Crippen molar-refractivity contribution in [1.29, 1.82) is 0 Å². The summed E-state index contributed by atoms with van der Waals surface area (Å²) in [6.45, 7) is 3.07. The first-order valence-electron chi connectivity index (χ1n) is 11.0. The van der Waals surface area contributed by atoms with Crippen molar-refractivity contribution >= 4 is 40.0 Å². The molecule has 0 aliphatic carbocycles. The van der Waals surface area contributed by atoms with Gasteiger partial charge >= 0.3 is 0 Å². The SMILES string of the molecule is C[C@@H]1C[C@@H](C(=O)NCc2nc(NCCCc3ccccc3)c3ccccc3n2)NC(=S)N1. The second-order valence-corrected chi connectivity index (χ2v) is 8.45. The Bertz CT molecular complexity index is 1090. The van der Waals surface area contributed by atoms with Crippen LogP contribution in [0.5, 0.6) is 0 Å². The number of thiocarbonyl (C=S) groups is 1. The number of fused-ring (bicyclic) bond motifs is 1. The molecule has 1 amide bonds. The van der Waals surface area contributed by atoms with Crippen molar-refractivity contribution in [1.82, 2.24) is 25.9 Å². The van der Waals surface area contributed by atoms with Crippen molar-refractivity contribution in [2.75, 3.05) is 11.9 Å². The summed E-state index contributed by atoms with van der Waals surface area (Å²) < 4.78 is 0. The van der Waals surface area contributed by atoms with E-state index in [1.54, 1.807) is 0 Å². The topological polar surface area (TPSA) is 91.0 Å². The fourth-order valence-corrected chi connectivity index (χ4v) is 4.18. The van der Waals surface area contributed by atoms with Gasteiger partial charge in [0.15, 0.2) is 10.9 Å². The second-order valence-electron chi connectivity index (χ2n) is 8.05. The third kappa shape index (κ3) is 5.70. The predicted octanol–water partition coefficient (Wildman–Crippen LogP) is 2.92. The van der Waals surface area contributed by atoms with Gasteiger partial charge in [-0.2, -0.15) is 0 Å². The van der Waals surface area contributed by atoms with Crippen LogP contribution >= 0.6 is 12.2 Å². The maximum atomic E-state index is 12.6. The van der Waals surface area contributed by atoms with Crippen molar-refractivity contribution in [3.63, 3.8) is 0 Å². The van der Waals surface area contributed by atoms with Crippen LogP contribution in [0.3, 0.4) is 0 Å². The summed E-state index contributed by atoms with van der Waals surface area (Å²) in [5.74, 6) is 1.27. The quantitative estimate of drug-likeness (QED) is 0.311. The lowest BCUT2D eigenvalue weighted by Crippen LogP contribution is -2.58. The molecule has 8 heteroatoms. The zero-order valence-electron chi connectivity index (χ0n) is 18.1. The number of carbonyl (C=O) groups is 1. The molecule has 3 aromatic rings. The van der Waals surface area contributed by atoms with Crippen molar-refractivity contribution < 1.29 is 4.79 Å². The number of hydrogen-bond donors (Lipinski definition) is 4. The van der Waals surface area contributed by atoms with E-state index in [1.165, 1.54) is 5.56 Å². The number of nitrogens with one attached hydrogen (secondary N) is 4. The molecule has 1 saturated heterocycles. The van der Waals surface area contributed by atoms with Gasteiger partial charge in [-0.25, -0.2) is 9.97 Å². The number of aromatic nitrogens is 2. The van der Waals surface area contributed by atoms with Gasteiger partial charge < -0.3 is 21.3 Å². The molecule has 2 atom stereocenters. The highest BCUT2D eigenvalue weighted by atomic mass is 32.1. The number of aryl methyl sites for hydroxylation is 1. The van der Waals surface area contributed by atoms with E-state index < -0.39 is 0 Å². The number of anilines is 1. The molecule has 0 radical (unpaired) electrons. The molecule has 1 fully saturated rings. The van der Waals surface area contributed by atoms with E-state index in [9.17, 15) is 4.79 Å². The number of hydrogen-bond acceptors (Lipinski definition) is 5. The van der Waals surface area contributed by atoms with Crippen LogP contribution < -0.4 is 21.3 Å². The first-order chi connectivity index (χ1) is 15.6. The lowest BCUT2D eigenvalue weighted by atomic mass is 10.1. The lowest BCUT2D eigenvalue weighted by molar-refractivity contribution is -0.123. The largest absolute Gasteiger partial charge is 0.369 e. The number of rotatable bonds is 8. The first-order valence-corrected chi connectivity index (χ1v) is 11.4. The molecule has 0 saturated carbocycles. The molecule has 1 aliphatic rings. The Balaban J connectivity index is 1.39. The third-order valence-corrected chi connectivity index (χ3v) is 5.67. The summed E-state index contributed by atoms with van der Waals surface area (Å²) in [5, 5.41) is 14.0. The minimum Gasteiger partial charge on any atom is -0.369 e. The smallest absolute Gasteiger partial charge is 0.243 e. The van der Waals surface area contributed by atoms with Gasteiger partial charge in [0.2, 0.25) is 5.91 Å². The van der Waals surface area contributed by atoms with Crippen LogP contribution in [0.25, 0.3) is 10.9 Å². The van der Waals surface area contributed by atoms with Crippen molar-refractivity contribution in [2.24, 2.45) is 0 Å². The van der Waals surface area contributed by atoms with Crippen LogP contribution in [0.2, 0.25) is 0 Å². The number of benzene rings is 2. The molecular weight excluding hydrogens is 420 g/mol. The predicted molar refractivity (Wildman–Crippen MR) is 131 cm³/mol. The second kappa shape index (κ2) is 10.4. The Morgan fingerprint density at radius 2 is 1.88 bits per heavy atom. The number of carbonyl (C=O) groups excluding carboxylic acids is 1. The summed E-state index contributed by atoms with van der Waals surface area (Å²) in [4.78, 5) is 22.0. The van der Waals surface area contributed by atoms with Crippen LogP contribution in [0.4, 0.5) is 5.82 Å². The summed E-state index contributed by atoms with van der Waals surface area (Å²) in [7, 11) is 0. The molecule has 4 rings (SSSR count). The normalized spacial score (nSPS) is 18.0. The molecule has 7 nitrogen and oxygen atoms in total. The van der Waals surface area contributed by atoms with E-state index >= 15 is 0 Å². The molecule has 0 spiro atoms. The van der Waals surface area contributed by atoms with E-state index in [4.69, 9.17) is 17.2 Å². The van der Waals surface area contributed by atoms with E-state index in [0.717, 1.165) is 36.1 Å². The standard InChI is InChI=1S/C24H28N6OS/c1-16-14-20(29-24(32)27-16)23(31)26-15-21-28-19-12-6-5-11-18(19)22(30-21)25-13-7-10-17-8-3-2-4-9-17/h2-6,8-9,11-12,16,20H,7,10,13-15H2,1H3,(H,26,31)(H,25,28,30)(H2,27,29,32)/t16-,20+/m1/s1. The van der Waals surface area contributed by atoms with Gasteiger partial charge in [0.1, 0.15) is 11.9 Å².